The number of aromatic nitrogens is 3. The maximum absolute atomic E-state index is 13.1. The van der Waals surface area contributed by atoms with Gasteiger partial charge < -0.3 is 4.52 Å². The molecule has 0 aliphatic heterocycles. The molecule has 0 atom stereocenters. The third-order valence-corrected chi connectivity index (χ3v) is 4.58. The minimum atomic E-state index is -0.123. The monoisotopic (exact) mass is 357 g/mol. The van der Waals surface area contributed by atoms with Gasteiger partial charge >= 0.3 is 5.56 Å². The molecule has 0 saturated heterocycles. The van der Waals surface area contributed by atoms with Gasteiger partial charge in [-0.15, -0.1) is 0 Å². The molecule has 0 aliphatic carbocycles. The molecule has 0 bridgehead atoms. The van der Waals surface area contributed by atoms with Crippen LogP contribution in [0, 0.1) is 25.2 Å². The summed E-state index contributed by atoms with van der Waals surface area (Å²) in [6, 6.07) is 15.2. The fourth-order valence-corrected chi connectivity index (χ4v) is 3.35. The zero-order valence-corrected chi connectivity index (χ0v) is 15.0. The van der Waals surface area contributed by atoms with Crippen LogP contribution in [0.15, 0.2) is 64.2 Å². The quantitative estimate of drug-likeness (QED) is 0.529. The predicted molar refractivity (Wildman–Crippen MR) is 99.1 cm³/mol. The summed E-state index contributed by atoms with van der Waals surface area (Å²) in [5.74, 6) is 0.610. The Balaban J connectivity index is 1.96. The third kappa shape index (κ3) is 2.89. The fraction of sp³-hybridized carbons (Fsp3) is 0.143. The second kappa shape index (κ2) is 6.54. The van der Waals surface area contributed by atoms with Gasteiger partial charge in [0.25, 0.3) is 5.65 Å². The molecule has 0 N–H and O–H groups in total. The van der Waals surface area contributed by atoms with E-state index in [9.17, 15) is 4.79 Å². The smallest absolute Gasteiger partial charge is 0.350 e. The molecule has 1 aromatic carbocycles. The summed E-state index contributed by atoms with van der Waals surface area (Å²) in [5.41, 5.74) is 4.16. The number of fused-ring (bicyclic) bond motifs is 1. The van der Waals surface area contributed by atoms with Gasteiger partial charge in [0.2, 0.25) is 0 Å². The molecule has 3 aromatic heterocycles. The molecule has 0 fully saturated rings. The van der Waals surface area contributed by atoms with Crippen LogP contribution < -0.4 is 10.1 Å². The van der Waals surface area contributed by atoms with E-state index in [2.05, 4.69) is 11.2 Å². The molecule has 0 saturated carbocycles. The Morgan fingerprint density at radius 2 is 2.07 bits per heavy atom. The first kappa shape index (κ1) is 16.7. The highest BCUT2D eigenvalue weighted by molar-refractivity contribution is 5.66. The number of aryl methyl sites for hydroxylation is 2. The van der Waals surface area contributed by atoms with Crippen molar-refractivity contribution < 1.29 is 9.09 Å². The van der Waals surface area contributed by atoms with Crippen LogP contribution in [-0.2, 0) is 6.54 Å². The van der Waals surface area contributed by atoms with Crippen molar-refractivity contribution in [2.45, 2.75) is 20.4 Å². The van der Waals surface area contributed by atoms with E-state index in [1.165, 1.54) is 0 Å². The van der Waals surface area contributed by atoms with Gasteiger partial charge in [-0.1, -0.05) is 23.4 Å². The summed E-state index contributed by atoms with van der Waals surface area (Å²) in [6.45, 7) is 4.15. The molecule has 0 aliphatic rings. The van der Waals surface area contributed by atoms with Crippen LogP contribution in [0.1, 0.15) is 22.6 Å². The van der Waals surface area contributed by atoms with Crippen molar-refractivity contribution in [3.8, 4) is 17.2 Å². The lowest BCUT2D eigenvalue weighted by molar-refractivity contribution is -0.665. The number of nitrogens with zero attached hydrogens (tertiary/aromatic N) is 4. The number of hydrogen-bond acceptors (Lipinski definition) is 4. The average molecular weight is 357 g/mol. The van der Waals surface area contributed by atoms with E-state index in [0.29, 0.717) is 29.1 Å². The Bertz CT molecular complexity index is 1240. The van der Waals surface area contributed by atoms with E-state index in [-0.39, 0.29) is 5.56 Å². The van der Waals surface area contributed by atoms with Crippen molar-refractivity contribution in [1.82, 2.24) is 9.56 Å². The highest BCUT2D eigenvalue weighted by atomic mass is 16.5. The largest absolute Gasteiger partial charge is 0.361 e. The summed E-state index contributed by atoms with van der Waals surface area (Å²) in [6.07, 6.45) is 3.59. The van der Waals surface area contributed by atoms with Gasteiger partial charge in [0, 0.05) is 6.07 Å². The first-order valence-electron chi connectivity index (χ1n) is 8.54. The van der Waals surface area contributed by atoms with Crippen LogP contribution in [0.4, 0.5) is 0 Å². The summed E-state index contributed by atoms with van der Waals surface area (Å²) >= 11 is 0. The summed E-state index contributed by atoms with van der Waals surface area (Å²) in [5, 5.41) is 13.1. The standard InChI is InChI=1S/C21H17N4O2/c1-14-20(15(2)27-23-14)18-13-24(12-17-7-5-6-16(10-17)11-22)19-8-3-4-9-25(19)21(18)26/h3-10,13H,12H2,1-2H3/q+1. The lowest BCUT2D eigenvalue weighted by atomic mass is 10.1. The molecule has 132 valence electrons. The number of benzene rings is 1. The van der Waals surface area contributed by atoms with Gasteiger partial charge in [0.05, 0.1) is 29.1 Å². The van der Waals surface area contributed by atoms with E-state index >= 15 is 0 Å². The Morgan fingerprint density at radius 1 is 1.22 bits per heavy atom. The first-order valence-corrected chi connectivity index (χ1v) is 8.54. The minimum Gasteiger partial charge on any atom is -0.361 e. The minimum absolute atomic E-state index is 0.123. The van der Waals surface area contributed by atoms with Gasteiger partial charge in [-0.2, -0.15) is 9.66 Å². The van der Waals surface area contributed by atoms with E-state index in [1.807, 2.05) is 54.1 Å². The Labute approximate surface area is 155 Å². The lowest BCUT2D eigenvalue weighted by Crippen LogP contribution is -2.40. The summed E-state index contributed by atoms with van der Waals surface area (Å²) in [7, 11) is 0. The number of rotatable bonds is 3. The van der Waals surface area contributed by atoms with Gasteiger partial charge in [0.1, 0.15) is 24.1 Å². The summed E-state index contributed by atoms with van der Waals surface area (Å²) in [4.78, 5) is 13.1. The highest BCUT2D eigenvalue weighted by Gasteiger charge is 2.22. The van der Waals surface area contributed by atoms with Gasteiger partial charge in [-0.25, -0.2) is 9.36 Å². The lowest BCUT2D eigenvalue weighted by Gasteiger charge is -2.07. The number of nitriles is 1. The first-order chi connectivity index (χ1) is 13.1. The van der Waals surface area contributed by atoms with Crippen LogP contribution in [0.3, 0.4) is 0 Å². The van der Waals surface area contributed by atoms with Crippen molar-refractivity contribution in [2.75, 3.05) is 0 Å². The highest BCUT2D eigenvalue weighted by Crippen LogP contribution is 2.23. The van der Waals surface area contributed by atoms with Crippen LogP contribution >= 0.6 is 0 Å². The van der Waals surface area contributed by atoms with Crippen molar-refractivity contribution in [2.24, 2.45) is 0 Å². The molecule has 27 heavy (non-hydrogen) atoms. The second-order valence-electron chi connectivity index (χ2n) is 6.42. The molecule has 0 unspecified atom stereocenters. The molecule has 0 radical (unpaired) electrons. The van der Waals surface area contributed by atoms with Crippen molar-refractivity contribution in [1.29, 1.82) is 5.26 Å². The van der Waals surface area contributed by atoms with E-state index in [0.717, 1.165) is 16.8 Å². The van der Waals surface area contributed by atoms with Crippen molar-refractivity contribution in [3.63, 3.8) is 0 Å². The van der Waals surface area contributed by atoms with Crippen LogP contribution in [0.5, 0.6) is 0 Å². The Kier molecular flexibility index (Phi) is 4.05. The van der Waals surface area contributed by atoms with E-state index in [4.69, 9.17) is 9.78 Å². The normalized spacial score (nSPS) is 10.9. The maximum Gasteiger partial charge on any atom is 0.350 e. The van der Waals surface area contributed by atoms with Gasteiger partial charge in [-0.05, 0) is 37.6 Å². The zero-order chi connectivity index (χ0) is 19.0. The number of hydrogen-bond donors (Lipinski definition) is 0. The number of pyridine rings is 1. The molecule has 0 spiro atoms. The van der Waals surface area contributed by atoms with Crippen LogP contribution in [-0.4, -0.2) is 9.56 Å². The Morgan fingerprint density at radius 3 is 2.81 bits per heavy atom. The topological polar surface area (TPSA) is 75.2 Å². The molecule has 0 amide bonds. The zero-order valence-electron chi connectivity index (χ0n) is 15.0. The maximum atomic E-state index is 13.1. The molecular formula is C21H17N4O2+. The van der Waals surface area contributed by atoms with Crippen molar-refractivity contribution >= 4 is 5.65 Å². The van der Waals surface area contributed by atoms with Crippen LogP contribution in [0.25, 0.3) is 16.8 Å². The van der Waals surface area contributed by atoms with Gasteiger partial charge in [-0.3, -0.25) is 0 Å². The molecule has 4 aromatic rings. The molecule has 6 heteroatoms. The fourth-order valence-electron chi connectivity index (χ4n) is 3.35. The summed E-state index contributed by atoms with van der Waals surface area (Å²) < 4.78 is 8.88. The van der Waals surface area contributed by atoms with E-state index < -0.39 is 0 Å². The van der Waals surface area contributed by atoms with E-state index in [1.54, 1.807) is 23.6 Å². The molecule has 4 rings (SSSR count). The predicted octanol–water partition coefficient (Wildman–Crippen LogP) is 2.78. The third-order valence-electron chi connectivity index (χ3n) is 4.58. The van der Waals surface area contributed by atoms with Gasteiger partial charge in [0.15, 0.2) is 0 Å². The van der Waals surface area contributed by atoms with Crippen molar-refractivity contribution in [3.05, 3.63) is 87.8 Å². The average Bonchev–Trinajstić information content (AvgIpc) is 3.02. The molecular weight excluding hydrogens is 340 g/mol. The second-order valence-corrected chi connectivity index (χ2v) is 6.42. The Hall–Kier alpha value is -3.72. The van der Waals surface area contributed by atoms with Crippen LogP contribution in [0.2, 0.25) is 0 Å². The molecule has 3 heterocycles. The SMILES string of the molecule is Cc1noc(C)c1-c1c[n+](Cc2cccc(C#N)c2)c2ccccn2c1=O. The molecule has 6 nitrogen and oxygen atoms in total.